The standard InChI is InChI=1S/C23H45NO2/c1-5-7-8-9-10-11-12-13-14-15-16-17-18-19-20-24-22(6-2)21(3)23(25)26-4/h24H,5-20H2,1-4H3. The van der Waals surface area contributed by atoms with Crippen LogP contribution in [0, 0.1) is 0 Å². The minimum atomic E-state index is -0.227. The summed E-state index contributed by atoms with van der Waals surface area (Å²) < 4.78 is 4.79. The molecule has 0 aliphatic heterocycles. The first-order valence-corrected chi connectivity index (χ1v) is 11.2. The number of allylic oxidation sites excluding steroid dienone is 1. The van der Waals surface area contributed by atoms with Crippen LogP contribution in [0.1, 0.15) is 117 Å². The smallest absolute Gasteiger partial charge is 0.335 e. The van der Waals surface area contributed by atoms with E-state index in [-0.39, 0.29) is 5.97 Å². The van der Waals surface area contributed by atoms with Gasteiger partial charge in [0.05, 0.1) is 12.7 Å². The van der Waals surface area contributed by atoms with Crippen molar-refractivity contribution in [3.8, 4) is 0 Å². The fourth-order valence-corrected chi connectivity index (χ4v) is 3.36. The lowest BCUT2D eigenvalue weighted by atomic mass is 10.0. The van der Waals surface area contributed by atoms with Gasteiger partial charge in [0.1, 0.15) is 0 Å². The lowest BCUT2D eigenvalue weighted by Crippen LogP contribution is -2.19. The van der Waals surface area contributed by atoms with Gasteiger partial charge >= 0.3 is 5.97 Å². The average molecular weight is 368 g/mol. The van der Waals surface area contributed by atoms with E-state index >= 15 is 0 Å². The molecule has 0 rings (SSSR count). The fourth-order valence-electron chi connectivity index (χ4n) is 3.36. The monoisotopic (exact) mass is 367 g/mol. The summed E-state index contributed by atoms with van der Waals surface area (Å²) >= 11 is 0. The summed E-state index contributed by atoms with van der Waals surface area (Å²) in [5.74, 6) is -0.227. The molecule has 0 bridgehead atoms. The minimum absolute atomic E-state index is 0.227. The van der Waals surface area contributed by atoms with Crippen LogP contribution in [-0.4, -0.2) is 19.6 Å². The zero-order valence-corrected chi connectivity index (χ0v) is 18.1. The number of hydrogen-bond acceptors (Lipinski definition) is 3. The maximum Gasteiger partial charge on any atom is 0.335 e. The molecule has 0 amide bonds. The molecule has 0 aromatic heterocycles. The number of carbonyl (C=O) groups excluding carboxylic acids is 1. The molecule has 1 N–H and O–H groups in total. The normalized spacial score (nSPS) is 12.0. The van der Waals surface area contributed by atoms with Gasteiger partial charge in [-0.15, -0.1) is 0 Å². The Bertz CT molecular complexity index is 363. The molecule has 0 aliphatic carbocycles. The summed E-state index contributed by atoms with van der Waals surface area (Å²) in [6.07, 6.45) is 20.2. The van der Waals surface area contributed by atoms with E-state index in [2.05, 4.69) is 19.2 Å². The topological polar surface area (TPSA) is 38.3 Å². The number of rotatable bonds is 18. The van der Waals surface area contributed by atoms with Crippen LogP contribution in [0.2, 0.25) is 0 Å². The van der Waals surface area contributed by atoms with Crippen LogP contribution in [0.15, 0.2) is 11.3 Å². The third-order valence-corrected chi connectivity index (χ3v) is 5.17. The second kappa shape index (κ2) is 18.8. The highest BCUT2D eigenvalue weighted by molar-refractivity contribution is 5.88. The molecule has 154 valence electrons. The van der Waals surface area contributed by atoms with Gasteiger partial charge in [0, 0.05) is 12.2 Å². The van der Waals surface area contributed by atoms with Crippen LogP contribution in [0.5, 0.6) is 0 Å². The van der Waals surface area contributed by atoms with Crippen LogP contribution in [0.3, 0.4) is 0 Å². The molecule has 0 fully saturated rings. The van der Waals surface area contributed by atoms with Crippen molar-refractivity contribution in [3.05, 3.63) is 11.3 Å². The van der Waals surface area contributed by atoms with Gasteiger partial charge in [0.15, 0.2) is 0 Å². The predicted molar refractivity (Wildman–Crippen MR) is 113 cm³/mol. The molecule has 0 aromatic rings. The van der Waals surface area contributed by atoms with Gasteiger partial charge in [0.25, 0.3) is 0 Å². The molecule has 3 nitrogen and oxygen atoms in total. The zero-order chi connectivity index (χ0) is 19.5. The molecular weight excluding hydrogens is 322 g/mol. The molecule has 0 heterocycles. The predicted octanol–water partition coefficient (Wildman–Crippen LogP) is 6.91. The van der Waals surface area contributed by atoms with Gasteiger partial charge < -0.3 is 10.1 Å². The van der Waals surface area contributed by atoms with Gasteiger partial charge in [0.2, 0.25) is 0 Å². The van der Waals surface area contributed by atoms with Crippen molar-refractivity contribution in [2.45, 2.75) is 117 Å². The number of carbonyl (C=O) groups is 1. The molecule has 0 aliphatic rings. The van der Waals surface area contributed by atoms with E-state index in [4.69, 9.17) is 4.74 Å². The van der Waals surface area contributed by atoms with E-state index in [1.165, 1.54) is 97.0 Å². The Morgan fingerprint density at radius 2 is 1.15 bits per heavy atom. The minimum Gasteiger partial charge on any atom is -0.466 e. The third-order valence-electron chi connectivity index (χ3n) is 5.17. The summed E-state index contributed by atoms with van der Waals surface area (Å²) in [6.45, 7) is 7.14. The van der Waals surface area contributed by atoms with E-state index in [0.717, 1.165) is 18.7 Å². The quantitative estimate of drug-likeness (QED) is 0.162. The van der Waals surface area contributed by atoms with Gasteiger partial charge in [-0.05, 0) is 19.8 Å². The zero-order valence-electron chi connectivity index (χ0n) is 18.1. The van der Waals surface area contributed by atoms with Crippen molar-refractivity contribution in [2.75, 3.05) is 13.7 Å². The molecule has 0 unspecified atom stereocenters. The second-order valence-corrected chi connectivity index (χ2v) is 7.47. The van der Waals surface area contributed by atoms with Gasteiger partial charge in [-0.3, -0.25) is 0 Å². The van der Waals surface area contributed by atoms with Crippen LogP contribution in [0.4, 0.5) is 0 Å². The Hall–Kier alpha value is -0.990. The Morgan fingerprint density at radius 1 is 0.731 bits per heavy atom. The van der Waals surface area contributed by atoms with Crippen LogP contribution in [0.25, 0.3) is 0 Å². The van der Waals surface area contributed by atoms with Crippen molar-refractivity contribution < 1.29 is 9.53 Å². The van der Waals surface area contributed by atoms with Crippen molar-refractivity contribution in [1.29, 1.82) is 0 Å². The molecule has 0 aromatic carbocycles. The Kier molecular flexibility index (Phi) is 18.1. The van der Waals surface area contributed by atoms with Gasteiger partial charge in [-0.25, -0.2) is 4.79 Å². The van der Waals surface area contributed by atoms with Crippen molar-refractivity contribution in [1.82, 2.24) is 5.32 Å². The molecule has 0 atom stereocenters. The molecule has 26 heavy (non-hydrogen) atoms. The molecular formula is C23H45NO2. The number of ether oxygens (including phenoxy) is 1. The molecule has 0 saturated carbocycles. The van der Waals surface area contributed by atoms with E-state index in [1.807, 2.05) is 6.92 Å². The summed E-state index contributed by atoms with van der Waals surface area (Å²) in [6, 6.07) is 0. The Morgan fingerprint density at radius 3 is 1.54 bits per heavy atom. The Balaban J connectivity index is 3.42. The third kappa shape index (κ3) is 14.2. The van der Waals surface area contributed by atoms with E-state index in [9.17, 15) is 4.79 Å². The summed E-state index contributed by atoms with van der Waals surface area (Å²) in [7, 11) is 1.44. The SMILES string of the molecule is CCCCCCCCCCCCCCCCNC(CC)=C(C)C(=O)OC. The highest BCUT2D eigenvalue weighted by Gasteiger charge is 2.08. The first-order valence-electron chi connectivity index (χ1n) is 11.2. The van der Waals surface area contributed by atoms with Gasteiger partial charge in [-0.2, -0.15) is 0 Å². The highest BCUT2D eigenvalue weighted by atomic mass is 16.5. The lowest BCUT2D eigenvalue weighted by molar-refractivity contribution is -0.136. The van der Waals surface area contributed by atoms with Crippen LogP contribution >= 0.6 is 0 Å². The first kappa shape index (κ1) is 25.0. The van der Waals surface area contributed by atoms with E-state index in [0.29, 0.717) is 5.57 Å². The number of hydrogen-bond donors (Lipinski definition) is 1. The van der Waals surface area contributed by atoms with Gasteiger partial charge in [-0.1, -0.05) is 97.3 Å². The highest BCUT2D eigenvalue weighted by Crippen LogP contribution is 2.13. The summed E-state index contributed by atoms with van der Waals surface area (Å²) in [5.41, 5.74) is 1.73. The maximum absolute atomic E-state index is 11.6. The Labute approximate surface area is 163 Å². The van der Waals surface area contributed by atoms with Crippen LogP contribution < -0.4 is 5.32 Å². The molecule has 0 radical (unpaired) electrons. The number of nitrogens with one attached hydrogen (secondary N) is 1. The van der Waals surface area contributed by atoms with Crippen molar-refractivity contribution in [2.24, 2.45) is 0 Å². The first-order chi connectivity index (χ1) is 12.7. The fraction of sp³-hybridized carbons (Fsp3) is 0.870. The second-order valence-electron chi connectivity index (χ2n) is 7.47. The summed E-state index contributed by atoms with van der Waals surface area (Å²) in [5, 5.41) is 3.41. The molecule has 0 saturated heterocycles. The number of unbranched alkanes of at least 4 members (excludes halogenated alkanes) is 13. The van der Waals surface area contributed by atoms with E-state index in [1.54, 1.807) is 0 Å². The number of methoxy groups -OCH3 is 1. The average Bonchev–Trinajstić information content (AvgIpc) is 2.66. The number of esters is 1. The molecule has 3 heteroatoms. The summed E-state index contributed by atoms with van der Waals surface area (Å²) in [4.78, 5) is 11.6. The van der Waals surface area contributed by atoms with E-state index < -0.39 is 0 Å². The lowest BCUT2D eigenvalue weighted by Gasteiger charge is -2.12. The molecule has 0 spiro atoms. The van der Waals surface area contributed by atoms with Crippen LogP contribution in [-0.2, 0) is 9.53 Å². The largest absolute Gasteiger partial charge is 0.466 e. The van der Waals surface area contributed by atoms with Crippen molar-refractivity contribution >= 4 is 5.97 Å². The maximum atomic E-state index is 11.6. The van der Waals surface area contributed by atoms with Crippen molar-refractivity contribution in [3.63, 3.8) is 0 Å².